The zero-order chi connectivity index (χ0) is 16.3. The minimum absolute atomic E-state index is 0.141. The molecule has 21 heavy (non-hydrogen) atoms. The van der Waals surface area contributed by atoms with E-state index in [2.05, 4.69) is 32.1 Å². The summed E-state index contributed by atoms with van der Waals surface area (Å²) in [6, 6.07) is 0. The molecule has 0 heterocycles. The lowest BCUT2D eigenvalue weighted by Gasteiger charge is -2.11. The van der Waals surface area contributed by atoms with Gasteiger partial charge in [0, 0.05) is 12.2 Å². The quantitative estimate of drug-likeness (QED) is 0.252. The van der Waals surface area contributed by atoms with Crippen molar-refractivity contribution in [3.63, 3.8) is 0 Å². The van der Waals surface area contributed by atoms with E-state index in [1.807, 2.05) is 0 Å². The third-order valence-corrected chi connectivity index (χ3v) is 1.88. The fourth-order valence-corrected chi connectivity index (χ4v) is 0.916. The molecule has 0 aromatic heterocycles. The number of hydrogen-bond acceptors (Lipinski definition) is 8. The summed E-state index contributed by atoms with van der Waals surface area (Å²) < 4.78 is 18.3. The summed E-state index contributed by atoms with van der Waals surface area (Å²) in [5, 5.41) is 0. The van der Waals surface area contributed by atoms with Gasteiger partial charge in [0.05, 0.1) is 0 Å². The molecule has 8 heteroatoms. The van der Waals surface area contributed by atoms with E-state index >= 15 is 0 Å². The Hall–Kier alpha value is -2.64. The molecule has 0 aromatic rings. The molecule has 0 aliphatic heterocycles. The van der Waals surface area contributed by atoms with Gasteiger partial charge >= 0.3 is 23.9 Å². The highest BCUT2D eigenvalue weighted by Gasteiger charge is 2.19. The molecule has 0 rings (SSSR count). The minimum atomic E-state index is -1.17. The second-order valence-corrected chi connectivity index (χ2v) is 3.48. The highest BCUT2D eigenvalue weighted by atomic mass is 16.6. The molecule has 0 aliphatic rings. The van der Waals surface area contributed by atoms with Crippen LogP contribution in [0.3, 0.4) is 0 Å². The second kappa shape index (κ2) is 10.2. The van der Waals surface area contributed by atoms with E-state index in [0.29, 0.717) is 0 Å². The zero-order valence-electron chi connectivity index (χ0n) is 11.5. The van der Waals surface area contributed by atoms with Crippen LogP contribution in [0.1, 0.15) is 6.92 Å². The Morgan fingerprint density at radius 1 is 0.952 bits per heavy atom. The van der Waals surface area contributed by atoms with Gasteiger partial charge in [-0.15, -0.1) is 0 Å². The SMILES string of the molecule is C=CC(=O)OCCOC(=O)COC(=O)C(C)OC(=O)C=C. The average Bonchev–Trinajstić information content (AvgIpc) is 2.48. The van der Waals surface area contributed by atoms with Gasteiger partial charge in [0.1, 0.15) is 13.2 Å². The third-order valence-electron chi connectivity index (χ3n) is 1.88. The lowest BCUT2D eigenvalue weighted by molar-refractivity contribution is -0.169. The molecule has 0 amide bonds. The van der Waals surface area contributed by atoms with Crippen LogP contribution in [0.4, 0.5) is 0 Å². The van der Waals surface area contributed by atoms with Crippen molar-refractivity contribution in [1.29, 1.82) is 0 Å². The molecular formula is C13H16O8. The number of carbonyl (C=O) groups excluding carboxylic acids is 4. The van der Waals surface area contributed by atoms with Crippen molar-refractivity contribution in [2.24, 2.45) is 0 Å². The van der Waals surface area contributed by atoms with Crippen molar-refractivity contribution >= 4 is 23.9 Å². The van der Waals surface area contributed by atoms with Crippen LogP contribution in [0.2, 0.25) is 0 Å². The summed E-state index contributed by atoms with van der Waals surface area (Å²) in [6.07, 6.45) is 0.690. The summed E-state index contributed by atoms with van der Waals surface area (Å²) in [7, 11) is 0. The van der Waals surface area contributed by atoms with Crippen LogP contribution in [-0.4, -0.2) is 49.8 Å². The maximum Gasteiger partial charge on any atom is 0.347 e. The Balaban J connectivity index is 3.84. The third kappa shape index (κ3) is 8.98. The topological polar surface area (TPSA) is 105 Å². The first-order chi connectivity index (χ1) is 9.90. The molecule has 0 aromatic carbocycles. The van der Waals surface area contributed by atoms with Crippen molar-refractivity contribution in [2.45, 2.75) is 13.0 Å². The van der Waals surface area contributed by atoms with E-state index in [4.69, 9.17) is 0 Å². The van der Waals surface area contributed by atoms with E-state index in [9.17, 15) is 19.2 Å². The molecule has 0 aliphatic carbocycles. The fourth-order valence-electron chi connectivity index (χ4n) is 0.916. The van der Waals surface area contributed by atoms with Crippen LogP contribution in [0.15, 0.2) is 25.3 Å². The monoisotopic (exact) mass is 300 g/mol. The summed E-state index contributed by atoms with van der Waals surface area (Å²) in [4.78, 5) is 44.0. The van der Waals surface area contributed by atoms with Crippen LogP contribution in [0, 0.1) is 0 Å². The normalized spacial score (nSPS) is 10.7. The first-order valence-electron chi connectivity index (χ1n) is 5.85. The second-order valence-electron chi connectivity index (χ2n) is 3.48. The fraction of sp³-hybridized carbons (Fsp3) is 0.385. The van der Waals surface area contributed by atoms with Gasteiger partial charge in [-0.25, -0.2) is 19.2 Å². The highest BCUT2D eigenvalue weighted by molar-refractivity contribution is 5.85. The van der Waals surface area contributed by atoms with Crippen LogP contribution >= 0.6 is 0 Å². The standard InChI is InChI=1S/C13H16O8/c1-4-10(14)18-6-7-19-12(16)8-20-13(17)9(3)21-11(15)5-2/h4-5,9H,1-2,6-8H2,3H3. The number of ether oxygens (including phenoxy) is 4. The van der Waals surface area contributed by atoms with Crippen molar-refractivity contribution < 1.29 is 38.1 Å². The minimum Gasteiger partial charge on any atom is -0.460 e. The van der Waals surface area contributed by atoms with Gasteiger partial charge in [0.15, 0.2) is 12.7 Å². The summed E-state index contributed by atoms with van der Waals surface area (Å²) in [6.45, 7) is 6.66. The molecule has 0 saturated carbocycles. The summed E-state index contributed by atoms with van der Waals surface area (Å²) in [5.74, 6) is -3.16. The maximum absolute atomic E-state index is 11.3. The van der Waals surface area contributed by atoms with Crippen LogP contribution in [-0.2, 0) is 38.1 Å². The zero-order valence-corrected chi connectivity index (χ0v) is 11.5. The van der Waals surface area contributed by atoms with Gasteiger partial charge in [-0.05, 0) is 6.92 Å². The molecule has 0 radical (unpaired) electrons. The van der Waals surface area contributed by atoms with E-state index in [-0.39, 0.29) is 13.2 Å². The first kappa shape index (κ1) is 18.4. The molecule has 0 bridgehead atoms. The Bertz CT molecular complexity index is 426. The van der Waals surface area contributed by atoms with Crippen LogP contribution in [0.25, 0.3) is 0 Å². The molecular weight excluding hydrogens is 284 g/mol. The van der Waals surface area contributed by atoms with E-state index in [0.717, 1.165) is 12.2 Å². The van der Waals surface area contributed by atoms with E-state index < -0.39 is 36.6 Å². The maximum atomic E-state index is 11.3. The predicted molar refractivity (Wildman–Crippen MR) is 68.8 cm³/mol. The first-order valence-corrected chi connectivity index (χ1v) is 5.85. The van der Waals surface area contributed by atoms with E-state index in [1.165, 1.54) is 6.92 Å². The number of hydrogen-bond donors (Lipinski definition) is 0. The number of esters is 4. The van der Waals surface area contributed by atoms with E-state index in [1.54, 1.807) is 0 Å². The van der Waals surface area contributed by atoms with Crippen molar-refractivity contribution in [3.05, 3.63) is 25.3 Å². The Labute approximate surface area is 121 Å². The molecule has 0 N–H and O–H groups in total. The highest BCUT2D eigenvalue weighted by Crippen LogP contribution is 1.96. The smallest absolute Gasteiger partial charge is 0.347 e. The van der Waals surface area contributed by atoms with Gasteiger partial charge in [-0.1, -0.05) is 13.2 Å². The molecule has 1 unspecified atom stereocenters. The van der Waals surface area contributed by atoms with Crippen molar-refractivity contribution in [2.75, 3.05) is 19.8 Å². The largest absolute Gasteiger partial charge is 0.460 e. The molecule has 8 nitrogen and oxygen atoms in total. The van der Waals surface area contributed by atoms with Gasteiger partial charge < -0.3 is 18.9 Å². The Kier molecular flexibility index (Phi) is 8.90. The summed E-state index contributed by atoms with van der Waals surface area (Å²) in [5.41, 5.74) is 0. The lowest BCUT2D eigenvalue weighted by atomic mass is 10.4. The van der Waals surface area contributed by atoms with Crippen molar-refractivity contribution in [1.82, 2.24) is 0 Å². The molecule has 1 atom stereocenters. The Morgan fingerprint density at radius 2 is 1.52 bits per heavy atom. The molecule has 0 saturated heterocycles. The molecule has 116 valence electrons. The number of rotatable bonds is 9. The lowest BCUT2D eigenvalue weighted by Crippen LogP contribution is -2.28. The molecule has 0 spiro atoms. The summed E-state index contributed by atoms with van der Waals surface area (Å²) >= 11 is 0. The van der Waals surface area contributed by atoms with Gasteiger partial charge in [-0.3, -0.25) is 0 Å². The Morgan fingerprint density at radius 3 is 2.10 bits per heavy atom. The van der Waals surface area contributed by atoms with Gasteiger partial charge in [0.2, 0.25) is 0 Å². The number of carbonyl (C=O) groups is 4. The van der Waals surface area contributed by atoms with Crippen molar-refractivity contribution in [3.8, 4) is 0 Å². The van der Waals surface area contributed by atoms with Gasteiger partial charge in [-0.2, -0.15) is 0 Å². The predicted octanol–water partition coefficient (Wildman–Crippen LogP) is -0.0803. The molecule has 0 fully saturated rings. The van der Waals surface area contributed by atoms with Crippen LogP contribution < -0.4 is 0 Å². The van der Waals surface area contributed by atoms with Gasteiger partial charge in [0.25, 0.3) is 0 Å². The van der Waals surface area contributed by atoms with Crippen LogP contribution in [0.5, 0.6) is 0 Å². The average molecular weight is 300 g/mol.